The van der Waals surface area contributed by atoms with Gasteiger partial charge in [0.15, 0.2) is 0 Å². The van der Waals surface area contributed by atoms with Gasteiger partial charge in [-0.05, 0) is 62.1 Å². The van der Waals surface area contributed by atoms with E-state index in [4.69, 9.17) is 0 Å². The molecule has 0 spiro atoms. The Balaban J connectivity index is 2.24. The number of hydrogen-bond donors (Lipinski definition) is 0. The molecule has 0 aliphatic rings. The zero-order chi connectivity index (χ0) is 17.6. The van der Waals surface area contributed by atoms with E-state index in [1.54, 1.807) is 12.1 Å². The fourth-order valence-corrected chi connectivity index (χ4v) is 4.27. The van der Waals surface area contributed by atoms with Gasteiger partial charge in [-0.25, -0.2) is 8.42 Å². The SMILES string of the molecule is CCCCCc1ccc(S(=O)(=O)N(CC)c2cccc(C)c2)cc1. The van der Waals surface area contributed by atoms with Gasteiger partial charge in [-0.15, -0.1) is 0 Å². The Kier molecular flexibility index (Phi) is 6.44. The standard InChI is InChI=1S/C20H27NO2S/c1-4-6-7-10-18-12-14-20(15-13-18)24(22,23)21(5-2)19-11-8-9-17(3)16-19/h8-9,11-16H,4-7,10H2,1-3H3. The molecular weight excluding hydrogens is 318 g/mol. The summed E-state index contributed by atoms with van der Waals surface area (Å²) < 4.78 is 27.4. The number of rotatable bonds is 8. The fourth-order valence-electron chi connectivity index (χ4n) is 2.81. The topological polar surface area (TPSA) is 37.4 Å². The normalized spacial score (nSPS) is 11.5. The molecule has 2 aromatic rings. The maximum absolute atomic E-state index is 13.0. The number of nitrogens with zero attached hydrogens (tertiary/aromatic N) is 1. The fraction of sp³-hybridized carbons (Fsp3) is 0.400. The lowest BCUT2D eigenvalue weighted by molar-refractivity contribution is 0.592. The third-order valence-corrected chi connectivity index (χ3v) is 6.07. The number of unbranched alkanes of at least 4 members (excludes halogenated alkanes) is 2. The van der Waals surface area contributed by atoms with Gasteiger partial charge in [-0.1, -0.05) is 44.0 Å². The second-order valence-electron chi connectivity index (χ2n) is 6.11. The number of sulfonamides is 1. The van der Waals surface area contributed by atoms with Gasteiger partial charge in [0.05, 0.1) is 10.6 Å². The summed E-state index contributed by atoms with van der Waals surface area (Å²) in [5.74, 6) is 0. The monoisotopic (exact) mass is 345 g/mol. The van der Waals surface area contributed by atoms with Crippen molar-refractivity contribution in [3.63, 3.8) is 0 Å². The highest BCUT2D eigenvalue weighted by Crippen LogP contribution is 2.24. The van der Waals surface area contributed by atoms with Gasteiger partial charge in [-0.3, -0.25) is 4.31 Å². The van der Waals surface area contributed by atoms with Crippen LogP contribution < -0.4 is 4.31 Å². The van der Waals surface area contributed by atoms with Crippen LogP contribution in [0.25, 0.3) is 0 Å². The maximum atomic E-state index is 13.0. The van der Waals surface area contributed by atoms with Gasteiger partial charge in [0.1, 0.15) is 0 Å². The van der Waals surface area contributed by atoms with E-state index < -0.39 is 10.0 Å². The lowest BCUT2D eigenvalue weighted by atomic mass is 10.1. The van der Waals surface area contributed by atoms with Gasteiger partial charge in [0, 0.05) is 6.54 Å². The van der Waals surface area contributed by atoms with Crippen LogP contribution in [0.2, 0.25) is 0 Å². The van der Waals surface area contributed by atoms with Crippen LogP contribution in [0.4, 0.5) is 5.69 Å². The van der Waals surface area contributed by atoms with Crippen molar-refractivity contribution in [3.05, 3.63) is 59.7 Å². The molecule has 0 unspecified atom stereocenters. The van der Waals surface area contributed by atoms with Crippen LogP contribution in [-0.2, 0) is 16.4 Å². The van der Waals surface area contributed by atoms with Crippen molar-refractivity contribution in [3.8, 4) is 0 Å². The Morgan fingerprint density at radius 1 is 0.958 bits per heavy atom. The van der Waals surface area contributed by atoms with E-state index in [0.29, 0.717) is 17.1 Å². The van der Waals surface area contributed by atoms with Gasteiger partial charge < -0.3 is 0 Å². The Bertz CT molecular complexity index is 751. The summed E-state index contributed by atoms with van der Waals surface area (Å²) in [6.45, 7) is 6.42. The summed E-state index contributed by atoms with van der Waals surface area (Å²) in [7, 11) is -3.53. The lowest BCUT2D eigenvalue weighted by Crippen LogP contribution is -2.30. The second kappa shape index (κ2) is 8.34. The Morgan fingerprint density at radius 3 is 2.25 bits per heavy atom. The van der Waals surface area contributed by atoms with Gasteiger partial charge >= 0.3 is 0 Å². The van der Waals surface area contributed by atoms with Crippen molar-refractivity contribution < 1.29 is 8.42 Å². The molecule has 0 amide bonds. The molecule has 0 aromatic heterocycles. The summed E-state index contributed by atoms with van der Waals surface area (Å²) in [6, 6.07) is 14.9. The van der Waals surface area contributed by atoms with Crippen LogP contribution in [0.3, 0.4) is 0 Å². The third-order valence-electron chi connectivity index (χ3n) is 4.16. The van der Waals surface area contributed by atoms with Crippen LogP contribution in [0.15, 0.2) is 53.4 Å². The molecule has 0 heterocycles. The highest BCUT2D eigenvalue weighted by molar-refractivity contribution is 7.92. The Hall–Kier alpha value is -1.81. The van der Waals surface area contributed by atoms with E-state index >= 15 is 0 Å². The maximum Gasteiger partial charge on any atom is 0.264 e. The van der Waals surface area contributed by atoms with Gasteiger partial charge in [0.2, 0.25) is 0 Å². The molecule has 0 fully saturated rings. The molecule has 0 bridgehead atoms. The Morgan fingerprint density at radius 2 is 1.67 bits per heavy atom. The van der Waals surface area contributed by atoms with Crippen LogP contribution >= 0.6 is 0 Å². The molecule has 4 heteroatoms. The number of aryl methyl sites for hydroxylation is 2. The van der Waals surface area contributed by atoms with Crippen molar-refractivity contribution >= 4 is 15.7 Å². The molecule has 0 radical (unpaired) electrons. The van der Waals surface area contributed by atoms with Crippen LogP contribution in [-0.4, -0.2) is 15.0 Å². The molecule has 0 N–H and O–H groups in total. The zero-order valence-corrected chi connectivity index (χ0v) is 15.6. The van der Waals surface area contributed by atoms with E-state index in [2.05, 4.69) is 6.92 Å². The minimum atomic E-state index is -3.53. The molecule has 0 saturated carbocycles. The van der Waals surface area contributed by atoms with E-state index in [1.165, 1.54) is 22.7 Å². The first-order valence-electron chi connectivity index (χ1n) is 8.67. The largest absolute Gasteiger partial charge is 0.267 e. The first-order valence-corrected chi connectivity index (χ1v) is 10.1. The van der Waals surface area contributed by atoms with Crippen LogP contribution in [0.5, 0.6) is 0 Å². The molecule has 2 rings (SSSR count). The Labute approximate surface area is 146 Å². The van der Waals surface area contributed by atoms with Crippen LogP contribution in [0.1, 0.15) is 44.2 Å². The average Bonchev–Trinajstić information content (AvgIpc) is 2.56. The minimum absolute atomic E-state index is 0.352. The molecule has 2 aromatic carbocycles. The molecule has 130 valence electrons. The lowest BCUT2D eigenvalue weighted by Gasteiger charge is -2.23. The molecule has 0 saturated heterocycles. The summed E-state index contributed by atoms with van der Waals surface area (Å²) in [5, 5.41) is 0. The smallest absolute Gasteiger partial charge is 0.264 e. The minimum Gasteiger partial charge on any atom is -0.267 e. The number of anilines is 1. The molecular formula is C20H27NO2S. The summed E-state index contributed by atoms with van der Waals surface area (Å²) >= 11 is 0. The highest BCUT2D eigenvalue weighted by atomic mass is 32.2. The van der Waals surface area contributed by atoms with Crippen molar-refractivity contribution in [1.29, 1.82) is 0 Å². The molecule has 3 nitrogen and oxygen atoms in total. The van der Waals surface area contributed by atoms with Crippen LogP contribution in [0, 0.1) is 6.92 Å². The molecule has 0 aliphatic heterocycles. The third kappa shape index (κ3) is 4.38. The predicted octanol–water partition coefficient (Wildman–Crippen LogP) is 4.94. The van der Waals surface area contributed by atoms with Crippen molar-refractivity contribution in [2.75, 3.05) is 10.8 Å². The van der Waals surface area contributed by atoms with Crippen molar-refractivity contribution in [2.24, 2.45) is 0 Å². The molecule has 0 aliphatic carbocycles. The first kappa shape index (κ1) is 18.5. The number of benzene rings is 2. The summed E-state index contributed by atoms with van der Waals surface area (Å²) in [5.41, 5.74) is 2.96. The van der Waals surface area contributed by atoms with E-state index in [-0.39, 0.29) is 0 Å². The van der Waals surface area contributed by atoms with Gasteiger partial charge in [0.25, 0.3) is 10.0 Å². The zero-order valence-electron chi connectivity index (χ0n) is 14.8. The summed E-state index contributed by atoms with van der Waals surface area (Å²) in [4.78, 5) is 0.352. The van der Waals surface area contributed by atoms with Crippen molar-refractivity contribution in [2.45, 2.75) is 51.3 Å². The molecule has 0 atom stereocenters. The van der Waals surface area contributed by atoms with E-state index in [0.717, 1.165) is 18.4 Å². The highest BCUT2D eigenvalue weighted by Gasteiger charge is 2.23. The van der Waals surface area contributed by atoms with E-state index in [1.807, 2.05) is 50.2 Å². The average molecular weight is 346 g/mol. The second-order valence-corrected chi connectivity index (χ2v) is 7.97. The first-order chi connectivity index (χ1) is 11.5. The molecule has 24 heavy (non-hydrogen) atoms. The predicted molar refractivity (Wildman–Crippen MR) is 101 cm³/mol. The van der Waals surface area contributed by atoms with Crippen molar-refractivity contribution in [1.82, 2.24) is 0 Å². The summed E-state index contributed by atoms with van der Waals surface area (Å²) in [6.07, 6.45) is 4.54. The van der Waals surface area contributed by atoms with E-state index in [9.17, 15) is 8.42 Å². The van der Waals surface area contributed by atoms with Gasteiger partial charge in [-0.2, -0.15) is 0 Å². The number of hydrogen-bond acceptors (Lipinski definition) is 2. The quantitative estimate of drug-likeness (QED) is 0.635.